The first kappa shape index (κ1) is 24.2. The van der Waals surface area contributed by atoms with E-state index in [9.17, 15) is 18.3 Å². The molecule has 1 unspecified atom stereocenters. The Kier molecular flexibility index (Phi) is 9.19. The van der Waals surface area contributed by atoms with Crippen LogP contribution in [0.15, 0.2) is 29.3 Å². The number of guanidine groups is 1. The van der Waals surface area contributed by atoms with Gasteiger partial charge in [0.1, 0.15) is 12.4 Å². The molecule has 30 heavy (non-hydrogen) atoms. The first-order valence-corrected chi connectivity index (χ1v) is 10.0. The lowest BCUT2D eigenvalue weighted by Gasteiger charge is -2.33. The summed E-state index contributed by atoms with van der Waals surface area (Å²) in [4.78, 5) is 6.56. The summed E-state index contributed by atoms with van der Waals surface area (Å²) in [6.07, 6.45) is -4.40. The van der Waals surface area contributed by atoms with Gasteiger partial charge in [0.05, 0.1) is 37.5 Å². The molecule has 1 saturated heterocycles. The third-order valence-electron chi connectivity index (χ3n) is 4.41. The van der Waals surface area contributed by atoms with E-state index >= 15 is 0 Å². The van der Waals surface area contributed by atoms with Gasteiger partial charge in [-0.05, 0) is 32.0 Å². The Balaban J connectivity index is 1.80. The summed E-state index contributed by atoms with van der Waals surface area (Å²) in [6, 6.07) is 4.77. The van der Waals surface area contributed by atoms with Crippen LogP contribution >= 0.6 is 0 Å². The zero-order chi connectivity index (χ0) is 22.0. The van der Waals surface area contributed by atoms with Crippen molar-refractivity contribution >= 4 is 5.96 Å². The molecule has 10 heteroatoms. The SMILES string of the molecule is CCNC(=NCC(C)(O)CN1CCOCC1)NCCOc1cccc(C(F)(F)F)c1. The van der Waals surface area contributed by atoms with Gasteiger partial charge in [-0.2, -0.15) is 13.2 Å². The molecule has 1 aliphatic heterocycles. The van der Waals surface area contributed by atoms with Crippen molar-refractivity contribution in [3.63, 3.8) is 0 Å². The summed E-state index contributed by atoms with van der Waals surface area (Å²) in [6.45, 7) is 8.39. The Hall–Kier alpha value is -2.04. The van der Waals surface area contributed by atoms with Gasteiger partial charge in [0, 0.05) is 26.2 Å². The Morgan fingerprint density at radius 2 is 2.00 bits per heavy atom. The molecule has 0 spiro atoms. The number of aliphatic imine (C=N–C) groups is 1. The molecule has 1 aromatic rings. The molecule has 3 N–H and O–H groups in total. The Labute approximate surface area is 175 Å². The summed E-state index contributed by atoms with van der Waals surface area (Å²) in [5, 5.41) is 16.8. The quantitative estimate of drug-likeness (QED) is 0.313. The van der Waals surface area contributed by atoms with Crippen molar-refractivity contribution in [3.05, 3.63) is 29.8 Å². The molecule has 1 atom stereocenters. The fraction of sp³-hybridized carbons (Fsp3) is 0.650. The van der Waals surface area contributed by atoms with Crippen molar-refractivity contribution in [2.45, 2.75) is 25.6 Å². The average Bonchev–Trinajstić information content (AvgIpc) is 2.69. The third-order valence-corrected chi connectivity index (χ3v) is 4.41. The van der Waals surface area contributed by atoms with Crippen LogP contribution in [-0.2, 0) is 10.9 Å². The van der Waals surface area contributed by atoms with Gasteiger partial charge in [-0.1, -0.05) is 6.07 Å². The maximum absolute atomic E-state index is 12.8. The van der Waals surface area contributed by atoms with Gasteiger partial charge < -0.3 is 25.2 Å². The van der Waals surface area contributed by atoms with Crippen LogP contribution in [0.1, 0.15) is 19.4 Å². The minimum absolute atomic E-state index is 0.155. The molecule has 0 radical (unpaired) electrons. The van der Waals surface area contributed by atoms with Gasteiger partial charge in [-0.3, -0.25) is 9.89 Å². The first-order chi connectivity index (χ1) is 14.2. The molecule has 170 valence electrons. The highest BCUT2D eigenvalue weighted by molar-refractivity contribution is 5.79. The smallest absolute Gasteiger partial charge is 0.416 e. The lowest BCUT2D eigenvalue weighted by atomic mass is 10.1. The molecule has 0 aromatic heterocycles. The van der Waals surface area contributed by atoms with Gasteiger partial charge in [-0.25, -0.2) is 0 Å². The summed E-state index contributed by atoms with van der Waals surface area (Å²) in [7, 11) is 0. The van der Waals surface area contributed by atoms with Crippen molar-refractivity contribution in [1.82, 2.24) is 15.5 Å². The van der Waals surface area contributed by atoms with Crippen molar-refractivity contribution in [2.75, 3.05) is 59.1 Å². The normalized spacial score (nSPS) is 18.0. The van der Waals surface area contributed by atoms with Crippen LogP contribution in [0.2, 0.25) is 0 Å². The largest absolute Gasteiger partial charge is 0.492 e. The van der Waals surface area contributed by atoms with E-state index in [4.69, 9.17) is 9.47 Å². The molecule has 2 rings (SSSR count). The number of aliphatic hydroxyl groups is 1. The molecular formula is C20H31F3N4O3. The lowest BCUT2D eigenvalue weighted by Crippen LogP contribution is -2.48. The first-order valence-electron chi connectivity index (χ1n) is 10.0. The van der Waals surface area contributed by atoms with E-state index in [1.54, 1.807) is 6.92 Å². The van der Waals surface area contributed by atoms with Crippen LogP contribution in [-0.4, -0.2) is 80.7 Å². The molecule has 1 aromatic carbocycles. The van der Waals surface area contributed by atoms with Gasteiger partial charge in [-0.15, -0.1) is 0 Å². The Bertz CT molecular complexity index is 678. The standard InChI is InChI=1S/C20H31F3N4O3/c1-3-24-18(26-14-19(2,28)15-27-8-11-29-12-9-27)25-7-10-30-17-6-4-5-16(13-17)20(21,22)23/h4-6,13,28H,3,7-12,14-15H2,1-2H3,(H2,24,25,26). The second kappa shape index (κ2) is 11.4. The number of nitrogens with zero attached hydrogens (tertiary/aromatic N) is 2. The fourth-order valence-corrected chi connectivity index (χ4v) is 2.98. The Morgan fingerprint density at radius 3 is 2.67 bits per heavy atom. The highest BCUT2D eigenvalue weighted by Gasteiger charge is 2.30. The van der Waals surface area contributed by atoms with Gasteiger partial charge in [0.2, 0.25) is 0 Å². The van der Waals surface area contributed by atoms with Crippen LogP contribution in [0.3, 0.4) is 0 Å². The van der Waals surface area contributed by atoms with Crippen LogP contribution in [0.4, 0.5) is 13.2 Å². The molecule has 0 amide bonds. The predicted molar refractivity (Wildman–Crippen MR) is 109 cm³/mol. The number of rotatable bonds is 9. The van der Waals surface area contributed by atoms with Gasteiger partial charge in [0.25, 0.3) is 0 Å². The molecule has 0 saturated carbocycles. The van der Waals surface area contributed by atoms with Gasteiger partial charge >= 0.3 is 6.18 Å². The highest BCUT2D eigenvalue weighted by Crippen LogP contribution is 2.31. The van der Waals surface area contributed by atoms with Crippen LogP contribution in [0, 0.1) is 0 Å². The van der Waals surface area contributed by atoms with E-state index in [1.807, 2.05) is 6.92 Å². The van der Waals surface area contributed by atoms with Gasteiger partial charge in [0.15, 0.2) is 5.96 Å². The van der Waals surface area contributed by atoms with E-state index in [0.717, 1.165) is 25.2 Å². The van der Waals surface area contributed by atoms with Crippen molar-refractivity contribution < 1.29 is 27.8 Å². The zero-order valence-electron chi connectivity index (χ0n) is 17.5. The van der Waals surface area contributed by atoms with E-state index < -0.39 is 17.3 Å². The lowest BCUT2D eigenvalue weighted by molar-refractivity contribution is -0.137. The number of alkyl halides is 3. The minimum atomic E-state index is -4.40. The maximum atomic E-state index is 12.8. The second-order valence-corrected chi connectivity index (χ2v) is 7.38. The third kappa shape index (κ3) is 8.76. The zero-order valence-corrected chi connectivity index (χ0v) is 17.5. The summed E-state index contributed by atoms with van der Waals surface area (Å²) in [5.41, 5.74) is -1.74. The van der Waals surface area contributed by atoms with E-state index in [1.165, 1.54) is 12.1 Å². The molecule has 1 aliphatic rings. The molecule has 1 fully saturated rings. The summed E-state index contributed by atoms with van der Waals surface area (Å²) < 4.78 is 49.0. The van der Waals surface area contributed by atoms with Crippen molar-refractivity contribution in [2.24, 2.45) is 4.99 Å². The minimum Gasteiger partial charge on any atom is -0.492 e. The molecule has 0 aliphatic carbocycles. The van der Waals surface area contributed by atoms with E-state index in [0.29, 0.717) is 38.8 Å². The topological polar surface area (TPSA) is 78.4 Å². The van der Waals surface area contributed by atoms with E-state index in [-0.39, 0.29) is 18.9 Å². The van der Waals surface area contributed by atoms with E-state index in [2.05, 4.69) is 20.5 Å². The number of benzene rings is 1. The number of ether oxygens (including phenoxy) is 2. The number of halogens is 3. The Morgan fingerprint density at radius 1 is 1.27 bits per heavy atom. The summed E-state index contributed by atoms with van der Waals surface area (Å²) in [5.74, 6) is 0.661. The number of β-amino-alcohol motifs (C(OH)–C–C–N with tert-alkyl or cyclic N) is 1. The summed E-state index contributed by atoms with van der Waals surface area (Å²) >= 11 is 0. The predicted octanol–water partition coefficient (Wildman–Crippen LogP) is 1.72. The molecule has 7 nitrogen and oxygen atoms in total. The monoisotopic (exact) mass is 432 g/mol. The number of hydrogen-bond donors (Lipinski definition) is 3. The van der Waals surface area contributed by atoms with Crippen molar-refractivity contribution in [1.29, 1.82) is 0 Å². The number of morpholine rings is 1. The second-order valence-electron chi connectivity index (χ2n) is 7.38. The van der Waals surface area contributed by atoms with Crippen LogP contribution in [0.5, 0.6) is 5.75 Å². The number of hydrogen-bond acceptors (Lipinski definition) is 5. The molecule has 0 bridgehead atoms. The average molecular weight is 432 g/mol. The van der Waals surface area contributed by atoms with Crippen LogP contribution in [0.25, 0.3) is 0 Å². The molecule has 1 heterocycles. The molecular weight excluding hydrogens is 401 g/mol. The highest BCUT2D eigenvalue weighted by atomic mass is 19.4. The number of nitrogens with one attached hydrogen (secondary N) is 2. The van der Waals surface area contributed by atoms with Crippen molar-refractivity contribution in [3.8, 4) is 5.75 Å². The maximum Gasteiger partial charge on any atom is 0.416 e. The van der Waals surface area contributed by atoms with Crippen LogP contribution < -0.4 is 15.4 Å². The fourth-order valence-electron chi connectivity index (χ4n) is 2.98.